The molecular formula is C18H22N4O2. The summed E-state index contributed by atoms with van der Waals surface area (Å²) in [6, 6.07) is 10.2. The van der Waals surface area contributed by atoms with E-state index in [9.17, 15) is 9.59 Å². The average Bonchev–Trinajstić information content (AvgIpc) is 3.29. The van der Waals surface area contributed by atoms with Crippen molar-refractivity contribution in [2.24, 2.45) is 0 Å². The van der Waals surface area contributed by atoms with Crippen LogP contribution in [-0.4, -0.2) is 65.4 Å². The molecule has 1 aromatic carbocycles. The van der Waals surface area contributed by atoms with Gasteiger partial charge in [0.05, 0.1) is 6.54 Å². The van der Waals surface area contributed by atoms with Crippen LogP contribution in [0.1, 0.15) is 23.3 Å². The molecule has 0 radical (unpaired) electrons. The molecule has 4 rings (SSSR count). The number of carbonyl (C=O) groups excluding carboxylic acids is 2. The highest BCUT2D eigenvalue weighted by Crippen LogP contribution is 2.19. The van der Waals surface area contributed by atoms with Crippen molar-refractivity contribution >= 4 is 22.7 Å². The Bertz CT molecular complexity index is 724. The van der Waals surface area contributed by atoms with Crippen molar-refractivity contribution in [3.05, 3.63) is 36.0 Å². The van der Waals surface area contributed by atoms with Crippen LogP contribution >= 0.6 is 0 Å². The molecule has 1 aliphatic carbocycles. The molecule has 1 aromatic heterocycles. The maximum atomic E-state index is 12.6. The fourth-order valence-corrected chi connectivity index (χ4v) is 3.17. The van der Waals surface area contributed by atoms with Gasteiger partial charge in [0.1, 0.15) is 5.69 Å². The lowest BCUT2D eigenvalue weighted by Crippen LogP contribution is -2.51. The van der Waals surface area contributed by atoms with Crippen molar-refractivity contribution in [3.63, 3.8) is 0 Å². The number of aromatic nitrogens is 1. The Labute approximate surface area is 140 Å². The van der Waals surface area contributed by atoms with E-state index in [0.29, 0.717) is 31.4 Å². The summed E-state index contributed by atoms with van der Waals surface area (Å²) < 4.78 is 0. The monoisotopic (exact) mass is 326 g/mol. The van der Waals surface area contributed by atoms with Gasteiger partial charge in [-0.1, -0.05) is 18.2 Å². The second-order valence-corrected chi connectivity index (χ2v) is 6.68. The number of aromatic amines is 1. The summed E-state index contributed by atoms with van der Waals surface area (Å²) in [7, 11) is 0. The standard InChI is InChI=1S/C18H22N4O2/c23-17(19-14-5-6-14)12-21-7-9-22(10-8-21)18(24)16-11-13-3-1-2-4-15(13)20-16/h1-4,11,14,20H,5-10,12H2,(H,19,23). The van der Waals surface area contributed by atoms with Gasteiger partial charge in [0, 0.05) is 43.1 Å². The first-order valence-electron chi connectivity index (χ1n) is 8.58. The van der Waals surface area contributed by atoms with Gasteiger partial charge in [-0.2, -0.15) is 0 Å². The number of nitrogens with zero attached hydrogens (tertiary/aromatic N) is 2. The maximum Gasteiger partial charge on any atom is 0.270 e. The van der Waals surface area contributed by atoms with Gasteiger partial charge in [0.2, 0.25) is 5.91 Å². The number of hydrogen-bond acceptors (Lipinski definition) is 3. The van der Waals surface area contributed by atoms with Crippen LogP contribution in [0.2, 0.25) is 0 Å². The van der Waals surface area contributed by atoms with E-state index < -0.39 is 0 Å². The molecule has 2 amide bonds. The minimum atomic E-state index is 0.0354. The molecule has 126 valence electrons. The lowest BCUT2D eigenvalue weighted by atomic mass is 10.2. The zero-order valence-electron chi connectivity index (χ0n) is 13.6. The average molecular weight is 326 g/mol. The third kappa shape index (κ3) is 3.28. The summed E-state index contributed by atoms with van der Waals surface area (Å²) in [5.74, 6) is 0.140. The number of carbonyl (C=O) groups is 2. The number of nitrogens with one attached hydrogen (secondary N) is 2. The van der Waals surface area contributed by atoms with E-state index in [1.165, 1.54) is 0 Å². The van der Waals surface area contributed by atoms with Crippen LogP contribution in [0.3, 0.4) is 0 Å². The van der Waals surface area contributed by atoms with Crippen molar-refractivity contribution in [2.75, 3.05) is 32.7 Å². The Morgan fingerprint density at radius 3 is 2.58 bits per heavy atom. The van der Waals surface area contributed by atoms with Gasteiger partial charge >= 0.3 is 0 Å². The zero-order valence-corrected chi connectivity index (χ0v) is 13.6. The Hall–Kier alpha value is -2.34. The van der Waals surface area contributed by atoms with Gasteiger partial charge in [-0.05, 0) is 25.0 Å². The van der Waals surface area contributed by atoms with Gasteiger partial charge in [0.25, 0.3) is 5.91 Å². The first-order chi connectivity index (χ1) is 11.7. The highest BCUT2D eigenvalue weighted by atomic mass is 16.2. The van der Waals surface area contributed by atoms with Crippen molar-refractivity contribution in [1.82, 2.24) is 20.1 Å². The van der Waals surface area contributed by atoms with E-state index in [2.05, 4.69) is 15.2 Å². The Kier molecular flexibility index (Phi) is 3.98. The smallest absolute Gasteiger partial charge is 0.270 e. The Morgan fingerprint density at radius 1 is 1.12 bits per heavy atom. The second-order valence-electron chi connectivity index (χ2n) is 6.68. The van der Waals surface area contributed by atoms with E-state index in [4.69, 9.17) is 0 Å². The molecule has 1 aliphatic heterocycles. The normalized spacial score (nSPS) is 18.8. The number of amides is 2. The third-order valence-electron chi connectivity index (χ3n) is 4.73. The number of fused-ring (bicyclic) bond motifs is 1. The van der Waals surface area contributed by atoms with Crippen LogP contribution < -0.4 is 5.32 Å². The van der Waals surface area contributed by atoms with Crippen molar-refractivity contribution in [2.45, 2.75) is 18.9 Å². The molecule has 1 saturated heterocycles. The Morgan fingerprint density at radius 2 is 1.88 bits per heavy atom. The molecular weight excluding hydrogens is 304 g/mol. The number of benzene rings is 1. The molecule has 6 nitrogen and oxygen atoms in total. The molecule has 24 heavy (non-hydrogen) atoms. The molecule has 1 saturated carbocycles. The van der Waals surface area contributed by atoms with Crippen LogP contribution in [0.5, 0.6) is 0 Å². The molecule has 2 aromatic rings. The fourth-order valence-electron chi connectivity index (χ4n) is 3.17. The minimum absolute atomic E-state index is 0.0354. The van der Waals surface area contributed by atoms with Crippen LogP contribution in [-0.2, 0) is 4.79 Å². The van der Waals surface area contributed by atoms with E-state index in [1.54, 1.807) is 0 Å². The molecule has 0 atom stereocenters. The predicted molar refractivity (Wildman–Crippen MR) is 91.8 cm³/mol. The summed E-state index contributed by atoms with van der Waals surface area (Å²) in [6.07, 6.45) is 2.22. The summed E-state index contributed by atoms with van der Waals surface area (Å²) in [5.41, 5.74) is 1.62. The largest absolute Gasteiger partial charge is 0.352 e. The van der Waals surface area contributed by atoms with Gasteiger partial charge in [-0.15, -0.1) is 0 Å². The minimum Gasteiger partial charge on any atom is -0.352 e. The maximum absolute atomic E-state index is 12.6. The van der Waals surface area contributed by atoms with Crippen molar-refractivity contribution in [3.8, 4) is 0 Å². The highest BCUT2D eigenvalue weighted by Gasteiger charge is 2.27. The SMILES string of the molecule is O=C(CN1CCN(C(=O)c2cc3ccccc3[nH]2)CC1)NC1CC1. The lowest BCUT2D eigenvalue weighted by Gasteiger charge is -2.34. The molecule has 2 N–H and O–H groups in total. The molecule has 6 heteroatoms. The molecule has 2 heterocycles. The molecule has 0 spiro atoms. The van der Waals surface area contributed by atoms with Gasteiger partial charge in [0.15, 0.2) is 0 Å². The lowest BCUT2D eigenvalue weighted by molar-refractivity contribution is -0.122. The van der Waals surface area contributed by atoms with E-state index in [0.717, 1.165) is 36.8 Å². The number of rotatable bonds is 4. The first kappa shape index (κ1) is 15.2. The summed E-state index contributed by atoms with van der Waals surface area (Å²) in [4.78, 5) is 31.7. The summed E-state index contributed by atoms with van der Waals surface area (Å²) in [6.45, 7) is 3.23. The van der Waals surface area contributed by atoms with Crippen molar-refractivity contribution in [1.29, 1.82) is 0 Å². The molecule has 2 aliphatic rings. The van der Waals surface area contributed by atoms with Crippen LogP contribution in [0, 0.1) is 0 Å². The van der Waals surface area contributed by atoms with Crippen LogP contribution in [0.4, 0.5) is 0 Å². The molecule has 2 fully saturated rings. The number of para-hydroxylation sites is 1. The fraction of sp³-hybridized carbons (Fsp3) is 0.444. The quantitative estimate of drug-likeness (QED) is 0.887. The third-order valence-corrected chi connectivity index (χ3v) is 4.73. The second kappa shape index (κ2) is 6.28. The van der Waals surface area contributed by atoms with Gasteiger partial charge in [-0.3, -0.25) is 14.5 Å². The number of H-pyrrole nitrogens is 1. The zero-order chi connectivity index (χ0) is 16.5. The number of piperazine rings is 1. The topological polar surface area (TPSA) is 68.4 Å². The summed E-state index contributed by atoms with van der Waals surface area (Å²) >= 11 is 0. The Balaban J connectivity index is 1.33. The van der Waals surface area contributed by atoms with E-state index in [-0.39, 0.29) is 11.8 Å². The highest BCUT2D eigenvalue weighted by molar-refractivity contribution is 5.98. The van der Waals surface area contributed by atoms with Gasteiger partial charge in [-0.25, -0.2) is 0 Å². The van der Waals surface area contributed by atoms with Crippen LogP contribution in [0.25, 0.3) is 10.9 Å². The molecule has 0 bridgehead atoms. The number of hydrogen-bond donors (Lipinski definition) is 2. The summed E-state index contributed by atoms with van der Waals surface area (Å²) in [5, 5.41) is 4.06. The predicted octanol–water partition coefficient (Wildman–Crippen LogP) is 1.20. The van der Waals surface area contributed by atoms with Crippen molar-refractivity contribution < 1.29 is 9.59 Å². The van der Waals surface area contributed by atoms with Gasteiger partial charge < -0.3 is 15.2 Å². The van der Waals surface area contributed by atoms with E-state index >= 15 is 0 Å². The van der Waals surface area contributed by atoms with E-state index in [1.807, 2.05) is 35.2 Å². The van der Waals surface area contributed by atoms with Crippen LogP contribution in [0.15, 0.2) is 30.3 Å². The first-order valence-corrected chi connectivity index (χ1v) is 8.58. The molecule has 0 unspecified atom stereocenters.